The molecule has 0 unspecified atom stereocenters. The molecule has 0 saturated carbocycles. The van der Waals surface area contributed by atoms with Gasteiger partial charge in [-0.1, -0.05) is 54.6 Å². The van der Waals surface area contributed by atoms with Crippen molar-refractivity contribution in [3.63, 3.8) is 0 Å². The van der Waals surface area contributed by atoms with Gasteiger partial charge in [0.15, 0.2) is 0 Å². The molecular weight excluding hydrogens is 232 g/mol. The summed E-state index contributed by atoms with van der Waals surface area (Å²) < 4.78 is 0. The monoisotopic (exact) mass is 246 g/mol. The van der Waals surface area contributed by atoms with Crippen molar-refractivity contribution in [2.24, 2.45) is 0 Å². The van der Waals surface area contributed by atoms with Crippen LogP contribution in [0.5, 0.6) is 0 Å². The molecule has 0 saturated heterocycles. The fourth-order valence-electron chi connectivity index (χ4n) is 2.74. The van der Waals surface area contributed by atoms with E-state index in [0.29, 0.717) is 0 Å². The average Bonchev–Trinajstić information content (AvgIpc) is 2.90. The second-order valence-electron chi connectivity index (χ2n) is 4.84. The van der Waals surface area contributed by atoms with E-state index in [1.54, 1.807) is 0 Å². The van der Waals surface area contributed by atoms with Crippen molar-refractivity contribution in [1.29, 1.82) is 0 Å². The third kappa shape index (κ3) is 1.65. The van der Waals surface area contributed by atoms with Gasteiger partial charge < -0.3 is 10.6 Å². The Balaban J connectivity index is 1.81. The van der Waals surface area contributed by atoms with Crippen molar-refractivity contribution < 1.29 is 0 Å². The van der Waals surface area contributed by atoms with Gasteiger partial charge in [0.1, 0.15) is 6.17 Å². The zero-order valence-electron chi connectivity index (χ0n) is 10.4. The van der Waals surface area contributed by atoms with Crippen LogP contribution in [0.4, 0.5) is 11.4 Å². The molecule has 2 heteroatoms. The molecule has 1 heterocycles. The van der Waals surface area contributed by atoms with Crippen LogP contribution in [0.15, 0.2) is 66.7 Å². The first kappa shape index (κ1) is 10.4. The van der Waals surface area contributed by atoms with E-state index in [-0.39, 0.29) is 6.17 Å². The Morgan fingerprint density at radius 2 is 1.26 bits per heavy atom. The van der Waals surface area contributed by atoms with Gasteiger partial charge in [-0.2, -0.15) is 0 Å². The van der Waals surface area contributed by atoms with Gasteiger partial charge >= 0.3 is 0 Å². The topological polar surface area (TPSA) is 24.1 Å². The highest BCUT2D eigenvalue weighted by atomic mass is 15.2. The largest absolute Gasteiger partial charge is 0.360 e. The molecule has 2 N–H and O–H groups in total. The van der Waals surface area contributed by atoms with E-state index in [0.717, 1.165) is 0 Å². The Labute approximate surface area is 112 Å². The van der Waals surface area contributed by atoms with Gasteiger partial charge in [0, 0.05) is 5.56 Å². The van der Waals surface area contributed by atoms with E-state index >= 15 is 0 Å². The van der Waals surface area contributed by atoms with Crippen molar-refractivity contribution in [3.05, 3.63) is 72.3 Å². The molecule has 0 amide bonds. The van der Waals surface area contributed by atoms with Crippen LogP contribution in [-0.4, -0.2) is 0 Å². The number of benzene rings is 3. The summed E-state index contributed by atoms with van der Waals surface area (Å²) in [5, 5.41) is 9.64. The van der Waals surface area contributed by atoms with E-state index < -0.39 is 0 Å². The first-order valence-electron chi connectivity index (χ1n) is 6.51. The van der Waals surface area contributed by atoms with Crippen molar-refractivity contribution in [2.45, 2.75) is 6.17 Å². The highest BCUT2D eigenvalue weighted by Crippen LogP contribution is 2.36. The fourth-order valence-corrected chi connectivity index (χ4v) is 2.74. The predicted molar refractivity (Wildman–Crippen MR) is 80.4 cm³/mol. The highest BCUT2D eigenvalue weighted by Gasteiger charge is 2.21. The molecule has 0 spiro atoms. The summed E-state index contributed by atoms with van der Waals surface area (Å²) in [6, 6.07) is 23.3. The normalized spacial score (nSPS) is 13.9. The SMILES string of the molecule is c1ccc2c(c1)NC(c1cccc3ccccc13)N2. The molecule has 0 aliphatic carbocycles. The van der Waals surface area contributed by atoms with Crippen LogP contribution in [-0.2, 0) is 0 Å². The Hall–Kier alpha value is -2.48. The number of fused-ring (bicyclic) bond motifs is 2. The molecule has 0 atom stereocenters. The molecule has 2 nitrogen and oxygen atoms in total. The second-order valence-corrected chi connectivity index (χ2v) is 4.84. The van der Waals surface area contributed by atoms with Gasteiger partial charge in [-0.05, 0) is 22.9 Å². The Bertz CT molecular complexity index is 719. The fraction of sp³-hybridized carbons (Fsp3) is 0.0588. The molecule has 1 aliphatic heterocycles. The van der Waals surface area contributed by atoms with E-state index in [4.69, 9.17) is 0 Å². The van der Waals surface area contributed by atoms with Gasteiger partial charge in [0.25, 0.3) is 0 Å². The lowest BCUT2D eigenvalue weighted by Gasteiger charge is -2.15. The zero-order valence-corrected chi connectivity index (χ0v) is 10.4. The minimum Gasteiger partial charge on any atom is -0.360 e. The molecule has 0 fully saturated rings. The predicted octanol–water partition coefficient (Wildman–Crippen LogP) is 4.38. The summed E-state index contributed by atoms with van der Waals surface area (Å²) in [6.07, 6.45) is 0.142. The van der Waals surface area contributed by atoms with Gasteiger partial charge in [-0.3, -0.25) is 0 Å². The smallest absolute Gasteiger partial charge is 0.124 e. The third-order valence-corrected chi connectivity index (χ3v) is 3.66. The van der Waals surface area contributed by atoms with Crippen LogP contribution in [0.1, 0.15) is 11.7 Å². The first-order valence-corrected chi connectivity index (χ1v) is 6.51. The van der Waals surface area contributed by atoms with Crippen molar-refractivity contribution in [3.8, 4) is 0 Å². The summed E-state index contributed by atoms with van der Waals surface area (Å²) in [4.78, 5) is 0. The molecule has 3 aromatic rings. The molecule has 0 aromatic heterocycles. The second kappa shape index (κ2) is 4.02. The van der Waals surface area contributed by atoms with E-state index in [2.05, 4.69) is 77.4 Å². The maximum Gasteiger partial charge on any atom is 0.124 e. The summed E-state index contributed by atoms with van der Waals surface area (Å²) in [7, 11) is 0. The van der Waals surface area contributed by atoms with Crippen molar-refractivity contribution >= 4 is 22.1 Å². The minimum atomic E-state index is 0.142. The molecule has 0 bridgehead atoms. The average molecular weight is 246 g/mol. The number of para-hydroxylation sites is 2. The van der Waals surface area contributed by atoms with Crippen LogP contribution in [0, 0.1) is 0 Å². The Morgan fingerprint density at radius 3 is 2.05 bits per heavy atom. The van der Waals surface area contributed by atoms with Crippen LogP contribution in [0.3, 0.4) is 0 Å². The lowest BCUT2D eigenvalue weighted by Crippen LogP contribution is -2.12. The molecule has 1 aliphatic rings. The quantitative estimate of drug-likeness (QED) is 0.666. The summed E-state index contributed by atoms with van der Waals surface area (Å²) in [6.45, 7) is 0. The summed E-state index contributed by atoms with van der Waals surface area (Å²) in [5.74, 6) is 0. The molecular formula is C17H14N2. The van der Waals surface area contributed by atoms with Crippen LogP contribution >= 0.6 is 0 Å². The molecule has 0 radical (unpaired) electrons. The minimum absolute atomic E-state index is 0.142. The molecule has 92 valence electrons. The maximum atomic E-state index is 3.53. The number of rotatable bonds is 1. The lowest BCUT2D eigenvalue weighted by molar-refractivity contribution is 0.953. The van der Waals surface area contributed by atoms with E-state index in [1.165, 1.54) is 27.7 Å². The van der Waals surface area contributed by atoms with Crippen LogP contribution < -0.4 is 10.6 Å². The third-order valence-electron chi connectivity index (χ3n) is 3.66. The summed E-state index contributed by atoms with van der Waals surface area (Å²) in [5.41, 5.74) is 3.62. The summed E-state index contributed by atoms with van der Waals surface area (Å²) >= 11 is 0. The van der Waals surface area contributed by atoms with E-state index in [1.807, 2.05) is 0 Å². The van der Waals surface area contributed by atoms with E-state index in [9.17, 15) is 0 Å². The Morgan fingerprint density at radius 1 is 0.632 bits per heavy atom. The number of anilines is 2. The van der Waals surface area contributed by atoms with Crippen LogP contribution in [0.25, 0.3) is 10.8 Å². The highest BCUT2D eigenvalue weighted by molar-refractivity contribution is 5.88. The first-order chi connectivity index (χ1) is 9.42. The van der Waals surface area contributed by atoms with Crippen molar-refractivity contribution in [1.82, 2.24) is 0 Å². The van der Waals surface area contributed by atoms with Gasteiger partial charge in [-0.15, -0.1) is 0 Å². The number of hydrogen-bond acceptors (Lipinski definition) is 2. The van der Waals surface area contributed by atoms with Gasteiger partial charge in [-0.25, -0.2) is 0 Å². The molecule has 4 rings (SSSR count). The number of nitrogens with one attached hydrogen (secondary N) is 2. The lowest BCUT2D eigenvalue weighted by atomic mass is 10.0. The maximum absolute atomic E-state index is 3.53. The Kier molecular flexibility index (Phi) is 2.21. The standard InChI is InChI=1S/C17H14N2/c1-2-8-13-12(6-1)7-5-9-14(13)17-18-15-10-3-4-11-16(15)19-17/h1-11,17-19H. The van der Waals surface area contributed by atoms with Crippen molar-refractivity contribution in [2.75, 3.05) is 10.6 Å². The zero-order chi connectivity index (χ0) is 12.7. The molecule has 19 heavy (non-hydrogen) atoms. The van der Waals surface area contributed by atoms with Gasteiger partial charge in [0.2, 0.25) is 0 Å². The molecule has 3 aromatic carbocycles. The van der Waals surface area contributed by atoms with Crippen LogP contribution in [0.2, 0.25) is 0 Å². The van der Waals surface area contributed by atoms with Gasteiger partial charge in [0.05, 0.1) is 11.4 Å². The number of hydrogen-bond donors (Lipinski definition) is 2.